The zero-order chi connectivity index (χ0) is 15.7. The van der Waals surface area contributed by atoms with Crippen LogP contribution in [0.4, 0.5) is 0 Å². The molecule has 0 radical (unpaired) electrons. The lowest BCUT2D eigenvalue weighted by atomic mass is 10.3. The van der Waals surface area contributed by atoms with Crippen LogP contribution in [-0.2, 0) is 14.8 Å². The molecule has 0 bridgehead atoms. The number of aromatic nitrogens is 2. The zero-order valence-electron chi connectivity index (χ0n) is 12.7. The van der Waals surface area contributed by atoms with Crippen molar-refractivity contribution in [1.29, 1.82) is 0 Å². The Morgan fingerprint density at radius 1 is 1.09 bits per heavy atom. The number of benzene rings is 1. The third-order valence-electron chi connectivity index (χ3n) is 3.79. The zero-order valence-corrected chi connectivity index (χ0v) is 13.5. The molecule has 0 saturated carbocycles. The van der Waals surface area contributed by atoms with E-state index in [1.807, 2.05) is 30.3 Å². The van der Waals surface area contributed by atoms with E-state index >= 15 is 0 Å². The van der Waals surface area contributed by atoms with Gasteiger partial charge in [-0.1, -0.05) is 18.2 Å². The molecule has 1 aromatic carbocycles. The molecule has 22 heavy (non-hydrogen) atoms. The number of para-hydroxylation sites is 1. The molecule has 1 saturated heterocycles. The molecule has 7 heteroatoms. The Morgan fingerprint density at radius 2 is 1.73 bits per heavy atom. The molecule has 0 amide bonds. The van der Waals surface area contributed by atoms with Gasteiger partial charge in [0.05, 0.1) is 30.3 Å². The fourth-order valence-electron chi connectivity index (χ4n) is 2.74. The summed E-state index contributed by atoms with van der Waals surface area (Å²) in [4.78, 5) is 0.304. The minimum Gasteiger partial charge on any atom is -0.379 e. The van der Waals surface area contributed by atoms with Crippen LogP contribution in [0.25, 0.3) is 5.69 Å². The number of hydrogen-bond acceptors (Lipinski definition) is 4. The number of morpholine rings is 1. The summed E-state index contributed by atoms with van der Waals surface area (Å²) in [7, 11) is -3.54. The molecule has 2 heterocycles. The summed E-state index contributed by atoms with van der Waals surface area (Å²) in [6, 6.07) is 9.54. The molecule has 1 aromatic heterocycles. The van der Waals surface area contributed by atoms with E-state index in [2.05, 4.69) is 5.10 Å². The van der Waals surface area contributed by atoms with E-state index in [1.54, 1.807) is 18.5 Å². The fraction of sp³-hybridized carbons (Fsp3) is 0.400. The number of aryl methyl sites for hydroxylation is 1. The highest BCUT2D eigenvalue weighted by molar-refractivity contribution is 7.89. The molecule has 6 nitrogen and oxygen atoms in total. The predicted octanol–water partition coefficient (Wildman–Crippen LogP) is 1.51. The molecule has 0 N–H and O–H groups in total. The lowest BCUT2D eigenvalue weighted by molar-refractivity contribution is 0.0730. The van der Waals surface area contributed by atoms with Gasteiger partial charge in [-0.05, 0) is 26.0 Å². The van der Waals surface area contributed by atoms with Crippen LogP contribution in [0.2, 0.25) is 0 Å². The maximum absolute atomic E-state index is 12.9. The average Bonchev–Trinajstić information content (AvgIpc) is 2.84. The predicted molar refractivity (Wildman–Crippen MR) is 82.6 cm³/mol. The van der Waals surface area contributed by atoms with E-state index in [9.17, 15) is 8.42 Å². The largest absolute Gasteiger partial charge is 0.379 e. The third kappa shape index (κ3) is 2.55. The Labute approximate surface area is 130 Å². The Balaban J connectivity index is 2.06. The first kappa shape index (κ1) is 15.2. The summed E-state index contributed by atoms with van der Waals surface area (Å²) in [5.41, 5.74) is 2.01. The summed E-state index contributed by atoms with van der Waals surface area (Å²) in [6.07, 6.45) is 0. The Kier molecular flexibility index (Phi) is 4.03. The molecule has 0 spiro atoms. The van der Waals surface area contributed by atoms with Gasteiger partial charge in [0.25, 0.3) is 0 Å². The highest BCUT2D eigenvalue weighted by atomic mass is 32.2. The maximum atomic E-state index is 12.9. The van der Waals surface area contributed by atoms with Crippen LogP contribution in [0.3, 0.4) is 0 Å². The summed E-state index contributed by atoms with van der Waals surface area (Å²) < 4.78 is 34.2. The van der Waals surface area contributed by atoms with Gasteiger partial charge in [0.15, 0.2) is 0 Å². The molecule has 2 aromatic rings. The first-order valence-corrected chi connectivity index (χ1v) is 8.65. The first-order valence-electron chi connectivity index (χ1n) is 7.21. The van der Waals surface area contributed by atoms with E-state index in [0.29, 0.717) is 42.6 Å². The van der Waals surface area contributed by atoms with Gasteiger partial charge in [-0.3, -0.25) is 0 Å². The van der Waals surface area contributed by atoms with E-state index in [4.69, 9.17) is 4.74 Å². The Morgan fingerprint density at radius 3 is 2.36 bits per heavy atom. The van der Waals surface area contributed by atoms with Gasteiger partial charge in [0.1, 0.15) is 4.90 Å². The van der Waals surface area contributed by atoms with E-state index in [1.165, 1.54) is 4.31 Å². The number of hydrogen-bond donors (Lipinski definition) is 0. The van der Waals surface area contributed by atoms with Crippen LogP contribution in [0.1, 0.15) is 11.4 Å². The van der Waals surface area contributed by atoms with Gasteiger partial charge in [-0.15, -0.1) is 0 Å². The van der Waals surface area contributed by atoms with Crippen LogP contribution in [0, 0.1) is 13.8 Å². The van der Waals surface area contributed by atoms with Crippen LogP contribution < -0.4 is 0 Å². The first-order chi connectivity index (χ1) is 10.5. The lowest BCUT2D eigenvalue weighted by Gasteiger charge is -2.26. The second-order valence-corrected chi connectivity index (χ2v) is 7.14. The van der Waals surface area contributed by atoms with Crippen molar-refractivity contribution in [3.8, 4) is 5.69 Å². The standard InChI is InChI=1S/C15H19N3O3S/c1-12-15(22(19,20)17-8-10-21-11-9-17)13(2)18(16-12)14-6-4-3-5-7-14/h3-7H,8-11H2,1-2H3. The fourth-order valence-corrected chi connectivity index (χ4v) is 4.50. The van der Waals surface area contributed by atoms with Crippen LogP contribution in [-0.4, -0.2) is 48.8 Å². The normalized spacial score (nSPS) is 16.8. The Hall–Kier alpha value is -1.70. The molecule has 1 aliphatic rings. The van der Waals surface area contributed by atoms with E-state index < -0.39 is 10.0 Å². The highest BCUT2D eigenvalue weighted by Crippen LogP contribution is 2.26. The summed E-state index contributed by atoms with van der Waals surface area (Å²) in [5.74, 6) is 0. The van der Waals surface area contributed by atoms with Gasteiger partial charge < -0.3 is 4.74 Å². The van der Waals surface area contributed by atoms with Crippen LogP contribution in [0.5, 0.6) is 0 Å². The molecule has 0 unspecified atom stereocenters. The topological polar surface area (TPSA) is 64.4 Å². The van der Waals surface area contributed by atoms with Crippen molar-refractivity contribution in [3.63, 3.8) is 0 Å². The summed E-state index contributed by atoms with van der Waals surface area (Å²) in [5, 5.41) is 4.42. The smallest absolute Gasteiger partial charge is 0.246 e. The maximum Gasteiger partial charge on any atom is 0.246 e. The van der Waals surface area contributed by atoms with Crippen molar-refractivity contribution in [3.05, 3.63) is 41.7 Å². The SMILES string of the molecule is Cc1nn(-c2ccccc2)c(C)c1S(=O)(=O)N1CCOCC1. The highest BCUT2D eigenvalue weighted by Gasteiger charge is 2.32. The number of nitrogens with zero attached hydrogens (tertiary/aromatic N) is 3. The number of rotatable bonds is 3. The van der Waals surface area contributed by atoms with Gasteiger partial charge in [0.2, 0.25) is 10.0 Å². The van der Waals surface area contributed by atoms with E-state index in [0.717, 1.165) is 5.69 Å². The molecular formula is C15H19N3O3S. The molecular weight excluding hydrogens is 302 g/mol. The second kappa shape index (κ2) is 5.83. The summed E-state index contributed by atoms with van der Waals surface area (Å²) >= 11 is 0. The molecule has 1 fully saturated rings. The van der Waals surface area contributed by atoms with Crippen molar-refractivity contribution in [1.82, 2.24) is 14.1 Å². The molecule has 1 aliphatic heterocycles. The van der Waals surface area contributed by atoms with Gasteiger partial charge >= 0.3 is 0 Å². The quantitative estimate of drug-likeness (QED) is 0.859. The van der Waals surface area contributed by atoms with Gasteiger partial charge in [-0.25, -0.2) is 13.1 Å². The molecule has 118 valence electrons. The molecule has 3 rings (SSSR count). The van der Waals surface area contributed by atoms with Crippen LogP contribution >= 0.6 is 0 Å². The summed E-state index contributed by atoms with van der Waals surface area (Å²) in [6.45, 7) is 5.17. The van der Waals surface area contributed by atoms with Crippen LogP contribution in [0.15, 0.2) is 35.2 Å². The molecule has 0 aliphatic carbocycles. The monoisotopic (exact) mass is 321 g/mol. The average molecular weight is 321 g/mol. The number of sulfonamides is 1. The van der Waals surface area contributed by atoms with Crippen molar-refractivity contribution in [2.45, 2.75) is 18.7 Å². The van der Waals surface area contributed by atoms with Crippen molar-refractivity contribution >= 4 is 10.0 Å². The van der Waals surface area contributed by atoms with Crippen molar-refractivity contribution in [2.24, 2.45) is 0 Å². The third-order valence-corrected chi connectivity index (χ3v) is 5.95. The minimum atomic E-state index is -3.54. The van der Waals surface area contributed by atoms with Gasteiger partial charge in [-0.2, -0.15) is 9.40 Å². The van der Waals surface area contributed by atoms with E-state index in [-0.39, 0.29) is 0 Å². The van der Waals surface area contributed by atoms with Gasteiger partial charge in [0, 0.05) is 13.1 Å². The van der Waals surface area contributed by atoms with Crippen molar-refractivity contribution < 1.29 is 13.2 Å². The second-order valence-electron chi connectivity index (χ2n) is 5.26. The number of ether oxygens (including phenoxy) is 1. The molecule has 0 atom stereocenters. The Bertz CT molecular complexity index is 763. The minimum absolute atomic E-state index is 0.304. The lowest BCUT2D eigenvalue weighted by Crippen LogP contribution is -2.41. The van der Waals surface area contributed by atoms with Crippen molar-refractivity contribution in [2.75, 3.05) is 26.3 Å².